The van der Waals surface area contributed by atoms with Crippen molar-refractivity contribution in [2.45, 2.75) is 78.4 Å². The van der Waals surface area contributed by atoms with E-state index in [1.165, 1.54) is 23.1 Å². The van der Waals surface area contributed by atoms with Crippen LogP contribution in [0.3, 0.4) is 0 Å². The van der Waals surface area contributed by atoms with Crippen LogP contribution in [0.2, 0.25) is 0 Å². The van der Waals surface area contributed by atoms with Crippen LogP contribution in [0.15, 0.2) is 42.6 Å². The predicted molar refractivity (Wildman–Crippen MR) is 182 cm³/mol. The number of aromatic hydroxyl groups is 1. The van der Waals surface area contributed by atoms with E-state index in [0.717, 1.165) is 12.3 Å². The van der Waals surface area contributed by atoms with Gasteiger partial charge in [-0.3, -0.25) is 14.4 Å². The zero-order chi connectivity index (χ0) is 37.1. The zero-order valence-electron chi connectivity index (χ0n) is 29.2. The summed E-state index contributed by atoms with van der Waals surface area (Å²) in [6, 6.07) is 9.23. The number of hydrogen-bond acceptors (Lipinski definition) is 10. The van der Waals surface area contributed by atoms with Crippen molar-refractivity contribution >= 4 is 57.8 Å². The molecule has 15 nitrogen and oxygen atoms in total. The van der Waals surface area contributed by atoms with Crippen molar-refractivity contribution in [2.24, 2.45) is 7.05 Å². The number of carbonyl (C=O) groups excluding carboxylic acids is 5. The number of nitrogens with zero attached hydrogens (tertiary/aromatic N) is 4. The summed E-state index contributed by atoms with van der Waals surface area (Å²) in [5.41, 5.74) is -1.13. The molecular weight excluding hydrogens is 650 g/mol. The fraction of sp³-hybridized carbons (Fsp3) is 0.429. The molecule has 0 spiro atoms. The molecule has 3 aromatic rings. The highest BCUT2D eigenvalue weighted by Crippen LogP contribution is 2.32. The molecule has 0 bridgehead atoms. The minimum absolute atomic E-state index is 0.00920. The Hall–Kier alpha value is -5.62. The van der Waals surface area contributed by atoms with Crippen molar-refractivity contribution in [1.29, 1.82) is 0 Å². The maximum absolute atomic E-state index is 13.8. The van der Waals surface area contributed by atoms with Gasteiger partial charge in [0.25, 0.3) is 11.8 Å². The van der Waals surface area contributed by atoms with Crippen molar-refractivity contribution in [3.05, 3.63) is 59.6 Å². The third-order valence-electron chi connectivity index (χ3n) is 7.23. The van der Waals surface area contributed by atoms with E-state index in [9.17, 15) is 29.1 Å². The van der Waals surface area contributed by atoms with Crippen LogP contribution in [0.5, 0.6) is 5.88 Å². The van der Waals surface area contributed by atoms with E-state index in [1.54, 1.807) is 77.6 Å². The molecule has 1 aromatic heterocycles. The first-order valence-electron chi connectivity index (χ1n) is 15.7. The number of rotatable bonds is 7. The second-order valence-corrected chi connectivity index (χ2v) is 13.6. The van der Waals surface area contributed by atoms with Crippen LogP contribution in [0.1, 0.15) is 54.0 Å². The molecule has 0 aliphatic carbocycles. The number of hydrogen-bond donors (Lipinski definition) is 2. The van der Waals surface area contributed by atoms with Gasteiger partial charge in [0.2, 0.25) is 6.10 Å². The molecule has 50 heavy (non-hydrogen) atoms. The third-order valence-corrected chi connectivity index (χ3v) is 7.23. The summed E-state index contributed by atoms with van der Waals surface area (Å²) in [5.74, 6) is -2.39. The number of esters is 1. The molecule has 1 saturated heterocycles. The van der Waals surface area contributed by atoms with E-state index in [0.29, 0.717) is 16.0 Å². The number of carbonyl (C=O) groups is 5. The molecule has 2 aromatic carbocycles. The van der Waals surface area contributed by atoms with Crippen molar-refractivity contribution < 1.29 is 48.0 Å². The number of benzene rings is 2. The van der Waals surface area contributed by atoms with Crippen molar-refractivity contribution in [3.63, 3.8) is 0 Å². The highest BCUT2D eigenvalue weighted by Gasteiger charge is 2.43. The lowest BCUT2D eigenvalue weighted by Gasteiger charge is -2.35. The molecule has 0 unspecified atom stereocenters. The van der Waals surface area contributed by atoms with Gasteiger partial charge in [-0.1, -0.05) is 12.1 Å². The van der Waals surface area contributed by atoms with E-state index in [1.807, 2.05) is 0 Å². The van der Waals surface area contributed by atoms with Gasteiger partial charge >= 0.3 is 18.2 Å². The lowest BCUT2D eigenvalue weighted by molar-refractivity contribution is -0.167. The normalized spacial score (nSPS) is 15.5. The molecule has 4 amide bonds. The predicted octanol–water partition coefficient (Wildman–Crippen LogP) is 5.41. The standard InChI is InChI=1S/C35H41N5O10/c1-20(41)48-27(28-31(44)39(14-15-47-28)24-12-10-21-18-38(9)30(43)25(21)17-24)29(42)37-23-11-13-26(36-8)22(16-23)19-40(32(45)49-34(2,3)4)33(46)50-35(5,6)7/h10-13,16-18,27-28,43H,14-15,19H2,1-7,9H3,(H,37,42)/t27-,28-/m1/s1. The SMILES string of the molecule is [C-]#[N+]c1ccc(NC(=O)[C@H](OC(C)=O)[C@H]2OCCN(c3ccc4cn(C)c(O)c4c3)C2=O)cc1CN(C(=O)OC(C)(C)C)C(=O)OC(C)(C)C. The van der Waals surface area contributed by atoms with Gasteiger partial charge in [-0.15, -0.1) is 0 Å². The van der Waals surface area contributed by atoms with Gasteiger partial charge < -0.3 is 38.8 Å². The van der Waals surface area contributed by atoms with Gasteiger partial charge in [0.1, 0.15) is 11.2 Å². The summed E-state index contributed by atoms with van der Waals surface area (Å²) in [7, 11) is 1.68. The fourth-order valence-electron chi connectivity index (χ4n) is 5.11. The molecule has 266 valence electrons. The quantitative estimate of drug-likeness (QED) is 0.186. The van der Waals surface area contributed by atoms with Crippen molar-refractivity contribution in [2.75, 3.05) is 23.4 Å². The van der Waals surface area contributed by atoms with E-state index in [4.69, 9.17) is 25.5 Å². The average Bonchev–Trinajstić information content (AvgIpc) is 3.29. The number of aryl methyl sites for hydroxylation is 1. The van der Waals surface area contributed by atoms with Gasteiger partial charge in [0.15, 0.2) is 17.7 Å². The first kappa shape index (κ1) is 37.2. The Labute approximate surface area is 289 Å². The van der Waals surface area contributed by atoms with Gasteiger partial charge in [-0.2, -0.15) is 0 Å². The molecule has 1 aliphatic heterocycles. The molecule has 2 heterocycles. The minimum atomic E-state index is -1.72. The van der Waals surface area contributed by atoms with E-state index in [2.05, 4.69) is 10.2 Å². The summed E-state index contributed by atoms with van der Waals surface area (Å²) in [6.07, 6.45) is -3.52. The molecule has 4 rings (SSSR count). The molecule has 15 heteroatoms. The highest BCUT2D eigenvalue weighted by molar-refractivity contribution is 6.05. The average molecular weight is 692 g/mol. The lowest BCUT2D eigenvalue weighted by atomic mass is 10.1. The maximum atomic E-state index is 13.8. The highest BCUT2D eigenvalue weighted by atomic mass is 16.6. The van der Waals surface area contributed by atoms with Crippen LogP contribution in [0, 0.1) is 6.57 Å². The van der Waals surface area contributed by atoms with Crippen LogP contribution in [-0.4, -0.2) is 81.1 Å². The Kier molecular flexibility index (Phi) is 10.8. The summed E-state index contributed by atoms with van der Waals surface area (Å²) in [4.78, 5) is 71.4. The fourth-order valence-corrected chi connectivity index (χ4v) is 5.11. The van der Waals surface area contributed by atoms with Gasteiger partial charge in [-0.25, -0.2) is 19.3 Å². The van der Waals surface area contributed by atoms with Gasteiger partial charge in [-0.05, 0) is 71.4 Å². The van der Waals surface area contributed by atoms with Crippen molar-refractivity contribution in [3.8, 4) is 5.88 Å². The van der Waals surface area contributed by atoms with Gasteiger partial charge in [0.05, 0.1) is 19.7 Å². The molecular formula is C35H41N5O10. The minimum Gasteiger partial charge on any atom is -0.494 e. The Morgan fingerprint density at radius 2 is 1.70 bits per heavy atom. The molecule has 1 fully saturated rings. The summed E-state index contributed by atoms with van der Waals surface area (Å²) in [5, 5.41) is 14.3. The van der Waals surface area contributed by atoms with E-state index >= 15 is 0 Å². The number of amides is 4. The second kappa shape index (κ2) is 14.5. The number of fused-ring (bicyclic) bond motifs is 1. The molecule has 1 aliphatic rings. The van der Waals surface area contributed by atoms with Gasteiger partial charge in [0, 0.05) is 48.9 Å². The molecule has 2 atom stereocenters. The monoisotopic (exact) mass is 691 g/mol. The Balaban J connectivity index is 1.61. The topological polar surface area (TPSA) is 170 Å². The number of nitrogens with one attached hydrogen (secondary N) is 1. The summed E-state index contributed by atoms with van der Waals surface area (Å²) < 4.78 is 23.4. The molecule has 2 N–H and O–H groups in total. The smallest absolute Gasteiger partial charge is 0.420 e. The Bertz CT molecular complexity index is 1840. The first-order chi connectivity index (χ1) is 23.3. The molecule has 0 radical (unpaired) electrons. The van der Waals surface area contributed by atoms with E-state index < -0.39 is 59.9 Å². The largest absolute Gasteiger partial charge is 0.494 e. The van der Waals surface area contributed by atoms with Crippen molar-refractivity contribution in [1.82, 2.24) is 9.47 Å². The van der Waals surface area contributed by atoms with E-state index in [-0.39, 0.29) is 36.0 Å². The molecule has 0 saturated carbocycles. The maximum Gasteiger partial charge on any atom is 0.420 e. The van der Waals surface area contributed by atoms with Crippen LogP contribution in [0.4, 0.5) is 26.7 Å². The Morgan fingerprint density at radius 1 is 1.06 bits per heavy atom. The number of ether oxygens (including phenoxy) is 4. The number of anilines is 2. The number of aromatic nitrogens is 1. The lowest BCUT2D eigenvalue weighted by Crippen LogP contribution is -2.56. The summed E-state index contributed by atoms with van der Waals surface area (Å²) in [6.45, 7) is 18.2. The van der Waals surface area contributed by atoms with Crippen LogP contribution >= 0.6 is 0 Å². The van der Waals surface area contributed by atoms with Crippen LogP contribution in [-0.2, 0) is 46.9 Å². The number of imide groups is 1. The summed E-state index contributed by atoms with van der Waals surface area (Å²) >= 11 is 0. The van der Waals surface area contributed by atoms with Crippen LogP contribution in [0.25, 0.3) is 15.6 Å². The zero-order valence-corrected chi connectivity index (χ0v) is 29.2. The Morgan fingerprint density at radius 3 is 2.28 bits per heavy atom. The number of morpholine rings is 1. The third kappa shape index (κ3) is 8.88. The van der Waals surface area contributed by atoms with Crippen LogP contribution < -0.4 is 10.2 Å². The second-order valence-electron chi connectivity index (χ2n) is 13.6. The first-order valence-corrected chi connectivity index (χ1v) is 15.7.